The fourth-order valence-corrected chi connectivity index (χ4v) is 1.54. The van der Waals surface area contributed by atoms with Gasteiger partial charge in [-0.15, -0.1) is 0 Å². The van der Waals surface area contributed by atoms with Crippen LogP contribution in [0, 0.1) is 11.3 Å². The summed E-state index contributed by atoms with van der Waals surface area (Å²) in [6.45, 7) is 3.49. The SMILES string of the molecule is C=CCOC(=O)/C(C#N)=C/c1cnc2ccccc2n1. The zero-order chi connectivity index (χ0) is 14.4. The van der Waals surface area contributed by atoms with E-state index in [-0.39, 0.29) is 12.2 Å². The Morgan fingerprint density at radius 3 is 2.85 bits per heavy atom. The molecule has 0 aliphatic rings. The third-order valence-corrected chi connectivity index (χ3v) is 2.43. The van der Waals surface area contributed by atoms with Gasteiger partial charge in [-0.2, -0.15) is 5.26 Å². The van der Waals surface area contributed by atoms with E-state index in [0.717, 1.165) is 5.52 Å². The zero-order valence-corrected chi connectivity index (χ0v) is 10.6. The van der Waals surface area contributed by atoms with Gasteiger partial charge in [0, 0.05) is 0 Å². The van der Waals surface area contributed by atoms with Gasteiger partial charge in [0.1, 0.15) is 18.2 Å². The number of rotatable bonds is 4. The molecule has 98 valence electrons. The standard InChI is InChI=1S/C15H11N3O2/c1-2-7-20-15(19)11(9-16)8-12-10-17-13-5-3-4-6-14(13)18-12/h2-6,8,10H,1,7H2/b11-8+. The number of hydrogen-bond donors (Lipinski definition) is 0. The number of nitriles is 1. The lowest BCUT2D eigenvalue weighted by molar-refractivity contribution is -0.137. The van der Waals surface area contributed by atoms with E-state index in [0.29, 0.717) is 11.2 Å². The van der Waals surface area contributed by atoms with Crippen molar-refractivity contribution in [3.05, 3.63) is 54.4 Å². The first kappa shape index (κ1) is 13.4. The molecule has 0 aliphatic heterocycles. The predicted molar refractivity (Wildman–Crippen MR) is 74.3 cm³/mol. The van der Waals surface area contributed by atoms with Crippen molar-refractivity contribution in [2.24, 2.45) is 0 Å². The van der Waals surface area contributed by atoms with Gasteiger partial charge in [0.25, 0.3) is 0 Å². The summed E-state index contributed by atoms with van der Waals surface area (Å²) >= 11 is 0. The highest BCUT2D eigenvalue weighted by Crippen LogP contribution is 2.11. The molecule has 0 fully saturated rings. The van der Waals surface area contributed by atoms with Gasteiger partial charge in [-0.25, -0.2) is 9.78 Å². The van der Waals surface area contributed by atoms with Gasteiger partial charge in [0.05, 0.1) is 22.9 Å². The monoisotopic (exact) mass is 265 g/mol. The summed E-state index contributed by atoms with van der Waals surface area (Å²) in [6.07, 6.45) is 4.29. The summed E-state index contributed by atoms with van der Waals surface area (Å²) in [5, 5.41) is 8.98. The first-order valence-corrected chi connectivity index (χ1v) is 5.86. The van der Waals surface area contributed by atoms with Crippen molar-refractivity contribution in [3.63, 3.8) is 0 Å². The van der Waals surface area contributed by atoms with Gasteiger partial charge < -0.3 is 4.74 Å². The Bertz CT molecular complexity index is 729. The molecular weight excluding hydrogens is 254 g/mol. The van der Waals surface area contributed by atoms with E-state index in [1.54, 1.807) is 6.07 Å². The molecule has 0 amide bonds. The van der Waals surface area contributed by atoms with Crippen molar-refractivity contribution in [2.75, 3.05) is 6.61 Å². The van der Waals surface area contributed by atoms with Gasteiger partial charge in [0.2, 0.25) is 0 Å². The summed E-state index contributed by atoms with van der Waals surface area (Å²) in [6, 6.07) is 9.13. The van der Waals surface area contributed by atoms with E-state index >= 15 is 0 Å². The van der Waals surface area contributed by atoms with Crippen LogP contribution < -0.4 is 0 Å². The van der Waals surface area contributed by atoms with Crippen molar-refractivity contribution >= 4 is 23.1 Å². The van der Waals surface area contributed by atoms with Crippen LogP contribution in [-0.4, -0.2) is 22.5 Å². The Morgan fingerprint density at radius 1 is 1.40 bits per heavy atom. The molecule has 1 aromatic heterocycles. The van der Waals surface area contributed by atoms with Crippen molar-refractivity contribution in [2.45, 2.75) is 0 Å². The Labute approximate surface area is 115 Å². The average Bonchev–Trinajstić information content (AvgIpc) is 2.50. The van der Waals surface area contributed by atoms with Gasteiger partial charge in [-0.05, 0) is 18.2 Å². The number of nitrogens with zero attached hydrogens (tertiary/aromatic N) is 3. The molecule has 0 saturated heterocycles. The minimum Gasteiger partial charge on any atom is -0.457 e. The van der Waals surface area contributed by atoms with Gasteiger partial charge in [-0.3, -0.25) is 4.98 Å². The number of ether oxygens (including phenoxy) is 1. The molecular formula is C15H11N3O2. The smallest absolute Gasteiger partial charge is 0.349 e. The lowest BCUT2D eigenvalue weighted by atomic mass is 10.2. The molecule has 0 unspecified atom stereocenters. The first-order valence-electron chi connectivity index (χ1n) is 5.86. The Hall–Kier alpha value is -3.00. The Kier molecular flexibility index (Phi) is 4.20. The van der Waals surface area contributed by atoms with Gasteiger partial charge in [0.15, 0.2) is 0 Å². The van der Waals surface area contributed by atoms with E-state index in [2.05, 4.69) is 16.5 Å². The van der Waals surface area contributed by atoms with Crippen molar-refractivity contribution in [3.8, 4) is 6.07 Å². The van der Waals surface area contributed by atoms with Gasteiger partial charge >= 0.3 is 5.97 Å². The van der Waals surface area contributed by atoms with Crippen LogP contribution >= 0.6 is 0 Å². The molecule has 0 radical (unpaired) electrons. The van der Waals surface area contributed by atoms with E-state index in [9.17, 15) is 4.79 Å². The molecule has 0 bridgehead atoms. The van der Waals surface area contributed by atoms with Crippen LogP contribution in [0.1, 0.15) is 5.69 Å². The number of para-hydroxylation sites is 2. The fourth-order valence-electron chi connectivity index (χ4n) is 1.54. The lowest BCUT2D eigenvalue weighted by Gasteiger charge is -2.01. The minimum atomic E-state index is -0.706. The fraction of sp³-hybridized carbons (Fsp3) is 0.0667. The minimum absolute atomic E-state index is 0.0568. The second-order valence-electron chi connectivity index (χ2n) is 3.84. The summed E-state index contributed by atoms with van der Waals surface area (Å²) in [7, 11) is 0. The number of aromatic nitrogens is 2. The predicted octanol–water partition coefficient (Wildman–Crippen LogP) is 2.27. The summed E-state index contributed by atoms with van der Waals surface area (Å²) < 4.78 is 4.81. The molecule has 1 heterocycles. The average molecular weight is 265 g/mol. The molecule has 1 aromatic carbocycles. The number of carbonyl (C=O) groups excluding carboxylic acids is 1. The maximum atomic E-state index is 11.6. The van der Waals surface area contributed by atoms with E-state index in [4.69, 9.17) is 10.00 Å². The number of fused-ring (bicyclic) bond motifs is 1. The van der Waals surface area contributed by atoms with Crippen LogP contribution in [-0.2, 0) is 9.53 Å². The van der Waals surface area contributed by atoms with Crippen LogP contribution in [0.3, 0.4) is 0 Å². The maximum Gasteiger partial charge on any atom is 0.349 e. The molecule has 2 aromatic rings. The molecule has 20 heavy (non-hydrogen) atoms. The molecule has 0 spiro atoms. The summed E-state index contributed by atoms with van der Waals surface area (Å²) in [4.78, 5) is 20.1. The van der Waals surface area contributed by atoms with E-state index < -0.39 is 5.97 Å². The van der Waals surface area contributed by atoms with E-state index in [1.165, 1.54) is 18.3 Å². The molecule has 0 N–H and O–H groups in total. The van der Waals surface area contributed by atoms with Gasteiger partial charge in [-0.1, -0.05) is 24.8 Å². The van der Waals surface area contributed by atoms with Crippen LogP contribution in [0.2, 0.25) is 0 Å². The molecule has 5 heteroatoms. The highest BCUT2D eigenvalue weighted by Gasteiger charge is 2.10. The largest absolute Gasteiger partial charge is 0.457 e. The third-order valence-electron chi connectivity index (χ3n) is 2.43. The first-order chi connectivity index (χ1) is 9.74. The normalized spacial score (nSPS) is 10.8. The van der Waals surface area contributed by atoms with Crippen LogP contribution in [0.25, 0.3) is 17.1 Å². The third kappa shape index (κ3) is 3.06. The van der Waals surface area contributed by atoms with Crippen molar-refractivity contribution in [1.29, 1.82) is 5.26 Å². The lowest BCUT2D eigenvalue weighted by Crippen LogP contribution is -2.06. The Balaban J connectivity index is 2.32. The van der Waals surface area contributed by atoms with Crippen LogP contribution in [0.4, 0.5) is 0 Å². The Morgan fingerprint density at radius 2 is 2.15 bits per heavy atom. The van der Waals surface area contributed by atoms with Crippen LogP contribution in [0.5, 0.6) is 0 Å². The second kappa shape index (κ2) is 6.25. The second-order valence-corrected chi connectivity index (χ2v) is 3.84. The molecule has 0 aliphatic carbocycles. The highest BCUT2D eigenvalue weighted by atomic mass is 16.5. The molecule has 0 atom stereocenters. The molecule has 2 rings (SSSR count). The quantitative estimate of drug-likeness (QED) is 0.367. The zero-order valence-electron chi connectivity index (χ0n) is 10.6. The highest BCUT2D eigenvalue weighted by molar-refractivity contribution is 5.97. The topological polar surface area (TPSA) is 75.9 Å². The molecule has 0 saturated carbocycles. The van der Waals surface area contributed by atoms with Crippen molar-refractivity contribution < 1.29 is 9.53 Å². The summed E-state index contributed by atoms with van der Waals surface area (Å²) in [5.74, 6) is -0.706. The number of benzene rings is 1. The number of carbonyl (C=O) groups is 1. The number of hydrogen-bond acceptors (Lipinski definition) is 5. The summed E-state index contributed by atoms with van der Waals surface area (Å²) in [5.41, 5.74) is 1.74. The number of esters is 1. The van der Waals surface area contributed by atoms with Crippen LogP contribution in [0.15, 0.2) is 48.7 Å². The van der Waals surface area contributed by atoms with E-state index in [1.807, 2.05) is 24.3 Å². The molecule has 5 nitrogen and oxygen atoms in total. The van der Waals surface area contributed by atoms with Crippen molar-refractivity contribution in [1.82, 2.24) is 9.97 Å². The maximum absolute atomic E-state index is 11.6.